The standard InChI is InChI=1S/C15H20F4N2/c1-11(12-3-2-4-13(16)9-12)20-14-5-7-21(8-6-14)10-15(17,18)19/h2-4,9,11,14,20H,5-8,10H2,1H3/t11-/m0/s1. The lowest BCUT2D eigenvalue weighted by Crippen LogP contribution is -2.46. The normalized spacial score (nSPS) is 19.7. The number of benzene rings is 1. The maximum absolute atomic E-state index is 13.2. The van der Waals surface area contributed by atoms with E-state index in [1.807, 2.05) is 13.0 Å². The number of nitrogens with one attached hydrogen (secondary N) is 1. The molecule has 0 aliphatic carbocycles. The molecule has 118 valence electrons. The molecule has 0 spiro atoms. The third kappa shape index (κ3) is 5.28. The van der Waals surface area contributed by atoms with E-state index in [-0.39, 0.29) is 17.9 Å². The monoisotopic (exact) mass is 304 g/mol. The second-order valence-electron chi connectivity index (χ2n) is 5.61. The highest BCUT2D eigenvalue weighted by atomic mass is 19.4. The van der Waals surface area contributed by atoms with Gasteiger partial charge >= 0.3 is 6.18 Å². The summed E-state index contributed by atoms with van der Waals surface area (Å²) in [4.78, 5) is 1.44. The van der Waals surface area contributed by atoms with Gasteiger partial charge in [0.1, 0.15) is 5.82 Å². The largest absolute Gasteiger partial charge is 0.401 e. The van der Waals surface area contributed by atoms with E-state index in [1.165, 1.54) is 17.0 Å². The van der Waals surface area contributed by atoms with Gasteiger partial charge in [0, 0.05) is 12.1 Å². The zero-order chi connectivity index (χ0) is 15.5. The first kappa shape index (κ1) is 16.2. The lowest BCUT2D eigenvalue weighted by molar-refractivity contribution is -0.148. The molecule has 0 bridgehead atoms. The molecular formula is C15H20F4N2. The van der Waals surface area contributed by atoms with Crippen molar-refractivity contribution >= 4 is 0 Å². The molecule has 1 aliphatic heterocycles. The van der Waals surface area contributed by atoms with E-state index in [0.29, 0.717) is 25.9 Å². The van der Waals surface area contributed by atoms with E-state index in [2.05, 4.69) is 5.32 Å². The third-order valence-corrected chi connectivity index (χ3v) is 3.82. The fourth-order valence-electron chi connectivity index (χ4n) is 2.74. The summed E-state index contributed by atoms with van der Waals surface area (Å²) in [5.74, 6) is -0.277. The fourth-order valence-corrected chi connectivity index (χ4v) is 2.74. The van der Waals surface area contributed by atoms with Crippen LogP contribution in [0.1, 0.15) is 31.4 Å². The van der Waals surface area contributed by atoms with Crippen LogP contribution in [0.5, 0.6) is 0 Å². The van der Waals surface area contributed by atoms with Gasteiger partial charge in [-0.2, -0.15) is 13.2 Å². The molecule has 1 heterocycles. The Labute approximate surface area is 122 Å². The van der Waals surface area contributed by atoms with E-state index in [9.17, 15) is 17.6 Å². The van der Waals surface area contributed by atoms with E-state index in [0.717, 1.165) is 5.56 Å². The predicted molar refractivity (Wildman–Crippen MR) is 73.5 cm³/mol. The minimum atomic E-state index is -4.13. The lowest BCUT2D eigenvalue weighted by atomic mass is 10.0. The number of alkyl halides is 3. The van der Waals surface area contributed by atoms with Crippen LogP contribution in [0.15, 0.2) is 24.3 Å². The minimum absolute atomic E-state index is 0.0140. The summed E-state index contributed by atoms with van der Waals surface area (Å²) in [6.45, 7) is 1.98. The Morgan fingerprint density at radius 2 is 1.95 bits per heavy atom. The zero-order valence-electron chi connectivity index (χ0n) is 12.0. The maximum Gasteiger partial charge on any atom is 0.401 e. The second-order valence-corrected chi connectivity index (χ2v) is 5.61. The van der Waals surface area contributed by atoms with Crippen LogP contribution in [0.3, 0.4) is 0 Å². The molecule has 2 rings (SSSR count). The van der Waals surface area contributed by atoms with Crippen molar-refractivity contribution in [1.29, 1.82) is 0 Å². The molecule has 0 amide bonds. The highest BCUT2D eigenvalue weighted by Gasteiger charge is 2.32. The first-order valence-electron chi connectivity index (χ1n) is 7.14. The Bertz CT molecular complexity index is 453. The minimum Gasteiger partial charge on any atom is -0.307 e. The Hall–Kier alpha value is -1.14. The number of hydrogen-bond acceptors (Lipinski definition) is 2. The molecular weight excluding hydrogens is 284 g/mol. The quantitative estimate of drug-likeness (QED) is 0.857. The van der Waals surface area contributed by atoms with Gasteiger partial charge in [-0.15, -0.1) is 0 Å². The average Bonchev–Trinajstić information content (AvgIpc) is 2.39. The molecule has 1 fully saturated rings. The van der Waals surface area contributed by atoms with Gasteiger partial charge in [0.15, 0.2) is 0 Å². The van der Waals surface area contributed by atoms with E-state index in [4.69, 9.17) is 0 Å². The number of likely N-dealkylation sites (tertiary alicyclic amines) is 1. The van der Waals surface area contributed by atoms with Crippen molar-refractivity contribution in [3.05, 3.63) is 35.6 Å². The molecule has 0 radical (unpaired) electrons. The summed E-state index contributed by atoms with van der Waals surface area (Å²) in [6.07, 6.45) is -2.78. The highest BCUT2D eigenvalue weighted by molar-refractivity contribution is 5.19. The van der Waals surface area contributed by atoms with Crippen LogP contribution in [0.25, 0.3) is 0 Å². The molecule has 1 aliphatic rings. The van der Waals surface area contributed by atoms with E-state index < -0.39 is 12.7 Å². The molecule has 21 heavy (non-hydrogen) atoms. The highest BCUT2D eigenvalue weighted by Crippen LogP contribution is 2.21. The first-order chi connectivity index (χ1) is 9.83. The van der Waals surface area contributed by atoms with Crippen molar-refractivity contribution in [2.24, 2.45) is 0 Å². The molecule has 6 heteroatoms. The van der Waals surface area contributed by atoms with Gasteiger partial charge in [0.25, 0.3) is 0 Å². The van der Waals surface area contributed by atoms with Crippen molar-refractivity contribution < 1.29 is 17.6 Å². The number of rotatable bonds is 4. The SMILES string of the molecule is C[C@H](NC1CCN(CC(F)(F)F)CC1)c1cccc(F)c1. The molecule has 1 aromatic rings. The van der Waals surface area contributed by atoms with Gasteiger partial charge < -0.3 is 5.32 Å². The van der Waals surface area contributed by atoms with Crippen molar-refractivity contribution in [2.75, 3.05) is 19.6 Å². The summed E-state index contributed by atoms with van der Waals surface area (Å²) in [5.41, 5.74) is 0.854. The molecule has 1 aromatic carbocycles. The fraction of sp³-hybridized carbons (Fsp3) is 0.600. The lowest BCUT2D eigenvalue weighted by Gasteiger charge is -2.34. The number of hydrogen-bond donors (Lipinski definition) is 1. The predicted octanol–water partition coefficient (Wildman–Crippen LogP) is 3.50. The number of nitrogens with zero attached hydrogens (tertiary/aromatic N) is 1. The summed E-state index contributed by atoms with van der Waals surface area (Å²) >= 11 is 0. The molecule has 1 atom stereocenters. The van der Waals surface area contributed by atoms with Crippen molar-refractivity contribution in [1.82, 2.24) is 10.2 Å². The average molecular weight is 304 g/mol. The number of piperidine rings is 1. The summed E-state index contributed by atoms with van der Waals surface area (Å²) < 4.78 is 50.1. The first-order valence-corrected chi connectivity index (χ1v) is 7.14. The summed E-state index contributed by atoms with van der Waals surface area (Å²) in [5, 5.41) is 3.37. The van der Waals surface area contributed by atoms with Gasteiger partial charge in [-0.1, -0.05) is 12.1 Å². The van der Waals surface area contributed by atoms with Gasteiger partial charge in [-0.05, 0) is 50.6 Å². The van der Waals surface area contributed by atoms with Crippen LogP contribution < -0.4 is 5.32 Å². The van der Waals surface area contributed by atoms with E-state index in [1.54, 1.807) is 6.07 Å². The molecule has 1 N–H and O–H groups in total. The summed E-state index contributed by atoms with van der Waals surface area (Å²) in [6, 6.07) is 6.55. The molecule has 1 saturated heterocycles. The third-order valence-electron chi connectivity index (χ3n) is 3.82. The Kier molecular flexibility index (Phi) is 5.22. The molecule has 0 unspecified atom stereocenters. The molecule has 0 saturated carbocycles. The Morgan fingerprint density at radius 3 is 2.52 bits per heavy atom. The van der Waals surface area contributed by atoms with E-state index >= 15 is 0 Å². The van der Waals surface area contributed by atoms with Crippen LogP contribution in [-0.4, -0.2) is 36.8 Å². The van der Waals surface area contributed by atoms with Crippen LogP contribution in [0.2, 0.25) is 0 Å². The van der Waals surface area contributed by atoms with Crippen LogP contribution in [-0.2, 0) is 0 Å². The zero-order valence-corrected chi connectivity index (χ0v) is 12.0. The second kappa shape index (κ2) is 6.75. The van der Waals surface area contributed by atoms with Crippen molar-refractivity contribution in [2.45, 2.75) is 38.0 Å². The van der Waals surface area contributed by atoms with Crippen molar-refractivity contribution in [3.63, 3.8) is 0 Å². The molecule has 2 nitrogen and oxygen atoms in total. The van der Waals surface area contributed by atoms with Crippen LogP contribution in [0.4, 0.5) is 17.6 Å². The topological polar surface area (TPSA) is 15.3 Å². The number of halogens is 4. The molecule has 0 aromatic heterocycles. The van der Waals surface area contributed by atoms with Crippen LogP contribution >= 0.6 is 0 Å². The maximum atomic E-state index is 13.2. The van der Waals surface area contributed by atoms with Crippen molar-refractivity contribution in [3.8, 4) is 0 Å². The van der Waals surface area contributed by atoms with Gasteiger partial charge in [-0.25, -0.2) is 4.39 Å². The van der Waals surface area contributed by atoms with Crippen LogP contribution in [0, 0.1) is 5.82 Å². The van der Waals surface area contributed by atoms with Gasteiger partial charge in [-0.3, -0.25) is 4.90 Å². The van der Waals surface area contributed by atoms with Gasteiger partial charge in [0.2, 0.25) is 0 Å². The Morgan fingerprint density at radius 1 is 1.29 bits per heavy atom. The summed E-state index contributed by atoms with van der Waals surface area (Å²) in [7, 11) is 0. The smallest absolute Gasteiger partial charge is 0.307 e. The van der Waals surface area contributed by atoms with Gasteiger partial charge in [0.05, 0.1) is 6.54 Å². The Balaban J connectivity index is 1.81.